The van der Waals surface area contributed by atoms with Gasteiger partial charge in [-0.05, 0) is 48.5 Å². The summed E-state index contributed by atoms with van der Waals surface area (Å²) >= 11 is 0. The fourth-order valence-corrected chi connectivity index (χ4v) is 7.06. The largest absolute Gasteiger partial charge is 0.309 e. The topological polar surface area (TPSA) is 53.5 Å². The first-order valence-electron chi connectivity index (χ1n) is 15.7. The zero-order valence-corrected chi connectivity index (χ0v) is 25.2. The van der Waals surface area contributed by atoms with E-state index in [9.17, 15) is 0 Å². The number of hydrogen-bond acceptors (Lipinski definition) is 3. The third kappa shape index (κ3) is 3.82. The Labute approximate surface area is 269 Å². The van der Waals surface area contributed by atoms with E-state index in [-0.39, 0.29) is 0 Å². The number of benzene rings is 6. The first kappa shape index (κ1) is 25.8. The van der Waals surface area contributed by atoms with E-state index in [1.54, 1.807) is 0 Å². The van der Waals surface area contributed by atoms with Crippen molar-refractivity contribution in [3.63, 3.8) is 0 Å². The summed E-state index contributed by atoms with van der Waals surface area (Å²) in [5, 5.41) is 4.71. The van der Waals surface area contributed by atoms with Crippen LogP contribution in [-0.2, 0) is 0 Å². The van der Waals surface area contributed by atoms with Crippen molar-refractivity contribution in [3.8, 4) is 28.6 Å². The van der Waals surface area contributed by atoms with Crippen LogP contribution in [0.25, 0.3) is 83.5 Å². The molecule has 0 amide bonds. The van der Waals surface area contributed by atoms with E-state index >= 15 is 0 Å². The summed E-state index contributed by atoms with van der Waals surface area (Å²) in [6, 6.07) is 53.0. The van der Waals surface area contributed by atoms with Crippen LogP contribution in [0.4, 0.5) is 0 Å². The van der Waals surface area contributed by atoms with Gasteiger partial charge in [-0.2, -0.15) is 4.98 Å². The van der Waals surface area contributed by atoms with E-state index in [1.165, 1.54) is 21.8 Å². The minimum Gasteiger partial charge on any atom is -0.309 e. The van der Waals surface area contributed by atoms with E-state index < -0.39 is 0 Å². The van der Waals surface area contributed by atoms with Crippen molar-refractivity contribution < 1.29 is 0 Å². The van der Waals surface area contributed by atoms with Crippen molar-refractivity contribution in [1.82, 2.24) is 28.7 Å². The van der Waals surface area contributed by atoms with Gasteiger partial charge >= 0.3 is 0 Å². The van der Waals surface area contributed by atoms with Gasteiger partial charge in [0.2, 0.25) is 5.95 Å². The van der Waals surface area contributed by atoms with Gasteiger partial charge in [0, 0.05) is 32.8 Å². The molecule has 0 atom stereocenters. The van der Waals surface area contributed by atoms with Gasteiger partial charge in [-0.1, -0.05) is 103 Å². The molecule has 47 heavy (non-hydrogen) atoms. The number of hydrogen-bond donors (Lipinski definition) is 0. The molecule has 0 radical (unpaired) electrons. The first-order valence-corrected chi connectivity index (χ1v) is 15.7. The molecule has 0 saturated carbocycles. The van der Waals surface area contributed by atoms with E-state index in [2.05, 4.69) is 129 Å². The molecule has 0 aliphatic carbocycles. The molecular weight excluding hydrogens is 576 g/mol. The fourth-order valence-electron chi connectivity index (χ4n) is 7.06. The minimum absolute atomic E-state index is 0.595. The van der Waals surface area contributed by atoms with Crippen molar-refractivity contribution in [2.45, 2.75) is 0 Å². The summed E-state index contributed by atoms with van der Waals surface area (Å²) in [6.45, 7) is 0. The average molecular weight is 603 g/mol. The van der Waals surface area contributed by atoms with Crippen LogP contribution in [-0.4, -0.2) is 28.7 Å². The molecule has 0 unspecified atom stereocenters. The normalized spacial score (nSPS) is 11.8. The maximum Gasteiger partial charge on any atom is 0.223 e. The summed E-state index contributed by atoms with van der Waals surface area (Å²) in [6.07, 6.45) is 1.84. The van der Waals surface area contributed by atoms with Crippen LogP contribution < -0.4 is 0 Å². The number of fused-ring (bicyclic) bond motifs is 7. The molecule has 0 aliphatic heterocycles. The smallest absolute Gasteiger partial charge is 0.223 e. The maximum atomic E-state index is 5.26. The van der Waals surface area contributed by atoms with Gasteiger partial charge in [0.15, 0.2) is 11.3 Å². The highest BCUT2D eigenvalue weighted by Gasteiger charge is 2.23. The monoisotopic (exact) mass is 602 g/mol. The Morgan fingerprint density at radius 2 is 0.915 bits per heavy atom. The van der Waals surface area contributed by atoms with E-state index in [4.69, 9.17) is 15.0 Å². The summed E-state index contributed by atoms with van der Waals surface area (Å²) in [7, 11) is 0. The Hall–Kier alpha value is -6.53. The quantitative estimate of drug-likeness (QED) is 0.202. The molecule has 4 aromatic heterocycles. The number of aromatic nitrogens is 6. The third-order valence-corrected chi connectivity index (χ3v) is 9.12. The molecule has 10 aromatic rings. The second kappa shape index (κ2) is 9.99. The summed E-state index contributed by atoms with van der Waals surface area (Å²) in [4.78, 5) is 15.3. The predicted octanol–water partition coefficient (Wildman–Crippen LogP) is 9.68. The van der Waals surface area contributed by atoms with Gasteiger partial charge in [0.05, 0.1) is 39.6 Å². The Kier molecular flexibility index (Phi) is 5.48. The molecule has 0 saturated heterocycles. The predicted molar refractivity (Wildman–Crippen MR) is 191 cm³/mol. The van der Waals surface area contributed by atoms with Crippen LogP contribution in [0.15, 0.2) is 158 Å². The molecule has 0 fully saturated rings. The Morgan fingerprint density at radius 3 is 1.55 bits per heavy atom. The molecule has 6 nitrogen and oxygen atoms in total. The average Bonchev–Trinajstić information content (AvgIpc) is 3.78. The molecule has 10 rings (SSSR count). The van der Waals surface area contributed by atoms with Crippen molar-refractivity contribution in [2.75, 3.05) is 0 Å². The van der Waals surface area contributed by atoms with Gasteiger partial charge in [0.25, 0.3) is 0 Å². The van der Waals surface area contributed by atoms with E-state index in [0.29, 0.717) is 11.3 Å². The lowest BCUT2D eigenvalue weighted by atomic mass is 10.1. The second-order valence-electron chi connectivity index (χ2n) is 11.8. The van der Waals surface area contributed by atoms with Crippen molar-refractivity contribution in [1.29, 1.82) is 0 Å². The van der Waals surface area contributed by atoms with Crippen LogP contribution in [0.1, 0.15) is 0 Å². The molecular formula is C41H26N6. The van der Waals surface area contributed by atoms with Crippen LogP contribution in [0, 0.1) is 0 Å². The molecule has 6 aromatic carbocycles. The van der Waals surface area contributed by atoms with Crippen molar-refractivity contribution >= 4 is 54.9 Å². The Morgan fingerprint density at radius 1 is 0.404 bits per heavy atom. The highest BCUT2D eigenvalue weighted by atomic mass is 15.3. The highest BCUT2D eigenvalue weighted by Crippen LogP contribution is 2.40. The van der Waals surface area contributed by atoms with Crippen LogP contribution in [0.2, 0.25) is 0 Å². The lowest BCUT2D eigenvalue weighted by molar-refractivity contribution is 0.947. The number of imidazole rings is 1. The highest BCUT2D eigenvalue weighted by molar-refractivity contribution is 6.19. The molecule has 0 bridgehead atoms. The SMILES string of the molecule is c1ccc(-c2cnc3c(n2)nc(-n2c4ccccc4c4cc5c(cc42)c2ccccc2n5-c2ccccc2)n3-c2ccccc2)cc1. The first-order chi connectivity index (χ1) is 23.3. The molecule has 0 spiro atoms. The van der Waals surface area contributed by atoms with Crippen LogP contribution >= 0.6 is 0 Å². The number of nitrogens with zero attached hydrogens (tertiary/aromatic N) is 6. The van der Waals surface area contributed by atoms with E-state index in [1.807, 2.05) is 42.6 Å². The summed E-state index contributed by atoms with van der Waals surface area (Å²) < 4.78 is 6.77. The maximum absolute atomic E-state index is 5.26. The Bertz CT molecular complexity index is 2770. The van der Waals surface area contributed by atoms with E-state index in [0.717, 1.165) is 50.4 Å². The van der Waals surface area contributed by atoms with Crippen LogP contribution in [0.3, 0.4) is 0 Å². The summed E-state index contributed by atoms with van der Waals surface area (Å²) in [5.74, 6) is 0.744. The number of para-hydroxylation sites is 4. The van der Waals surface area contributed by atoms with Crippen LogP contribution in [0.5, 0.6) is 0 Å². The van der Waals surface area contributed by atoms with Gasteiger partial charge < -0.3 is 4.57 Å². The van der Waals surface area contributed by atoms with Gasteiger partial charge in [-0.15, -0.1) is 0 Å². The minimum atomic E-state index is 0.595. The molecule has 0 N–H and O–H groups in total. The molecule has 220 valence electrons. The lowest BCUT2D eigenvalue weighted by Gasteiger charge is -2.12. The van der Waals surface area contributed by atoms with Crippen molar-refractivity contribution in [2.24, 2.45) is 0 Å². The fraction of sp³-hybridized carbons (Fsp3) is 0. The third-order valence-electron chi connectivity index (χ3n) is 9.12. The lowest BCUT2D eigenvalue weighted by Crippen LogP contribution is -2.05. The number of rotatable bonds is 4. The second-order valence-corrected chi connectivity index (χ2v) is 11.8. The van der Waals surface area contributed by atoms with Gasteiger partial charge in [0.1, 0.15) is 0 Å². The summed E-state index contributed by atoms with van der Waals surface area (Å²) in [5.41, 5.74) is 9.70. The zero-order valence-electron chi connectivity index (χ0n) is 25.2. The molecule has 6 heteroatoms. The molecule has 4 heterocycles. The van der Waals surface area contributed by atoms with Gasteiger partial charge in [-0.25, -0.2) is 9.97 Å². The molecule has 0 aliphatic rings. The zero-order chi connectivity index (χ0) is 30.9. The Balaban J connectivity index is 1.33. The van der Waals surface area contributed by atoms with Gasteiger partial charge in [-0.3, -0.25) is 9.13 Å². The standard InChI is InChI=1S/C41H26N6/c1-4-14-27(15-5-1)34-26-42-40-39(43-34)44-41(46(40)29-18-8-3-9-19-29)47-36-23-13-11-21-31(36)33-24-37-32(25-38(33)47)30-20-10-12-22-35(30)45(37)28-16-6-2-7-17-28/h1-26H. The van der Waals surface area contributed by atoms with Crippen molar-refractivity contribution in [3.05, 3.63) is 158 Å².